The van der Waals surface area contributed by atoms with Gasteiger partial charge in [-0.1, -0.05) is 63.6 Å². The second kappa shape index (κ2) is 15.8. The van der Waals surface area contributed by atoms with E-state index >= 15 is 0 Å². The number of quaternary nitrogens is 1. The normalized spacial score (nSPS) is 11.4. The maximum atomic E-state index is 12.9. The number of aryl methyl sites for hydroxylation is 2. The zero-order valence-corrected chi connectivity index (χ0v) is 21.2. The van der Waals surface area contributed by atoms with Gasteiger partial charge in [0.1, 0.15) is 19.7 Å². The molecule has 0 heterocycles. The van der Waals surface area contributed by atoms with Crippen molar-refractivity contribution in [1.29, 1.82) is 0 Å². The van der Waals surface area contributed by atoms with Gasteiger partial charge in [0.15, 0.2) is 5.78 Å². The van der Waals surface area contributed by atoms with Crippen LogP contribution in [0.5, 0.6) is 0 Å². The molecule has 0 saturated heterocycles. The molecule has 1 aromatic rings. The molecule has 0 N–H and O–H groups in total. The molecule has 1 aromatic carbocycles. The van der Waals surface area contributed by atoms with E-state index in [1.165, 1.54) is 32.1 Å². The smallest absolute Gasteiger partial charge is 0.434 e. The molecule has 0 aliphatic carbocycles. The topological polar surface area (TPSA) is 52.6 Å². The number of nitrogens with zero attached hydrogens (tertiary/aromatic N) is 1. The molecule has 1 rings (SSSR count). The lowest BCUT2D eigenvalue weighted by atomic mass is 9.97. The zero-order valence-electron chi connectivity index (χ0n) is 21.2. The van der Waals surface area contributed by atoms with Crippen LogP contribution in [-0.4, -0.2) is 55.8 Å². The Bertz CT molecular complexity index is 662. The lowest BCUT2D eigenvalue weighted by Gasteiger charge is -2.36. The third-order valence-corrected chi connectivity index (χ3v) is 6.63. The van der Waals surface area contributed by atoms with Gasteiger partial charge in [0, 0.05) is 6.42 Å². The Morgan fingerprint density at radius 3 is 1.97 bits per heavy atom. The first kappa shape index (κ1) is 28.2. The number of rotatable bonds is 17. The summed E-state index contributed by atoms with van der Waals surface area (Å²) in [5.74, 6) is 0.229. The second-order valence-corrected chi connectivity index (χ2v) is 9.01. The molecular formula is C27H46NO4+. The highest BCUT2D eigenvalue weighted by Gasteiger charge is 2.27. The van der Waals surface area contributed by atoms with Gasteiger partial charge in [-0.25, -0.2) is 4.79 Å². The lowest BCUT2D eigenvalue weighted by molar-refractivity contribution is -0.917. The van der Waals surface area contributed by atoms with Crippen molar-refractivity contribution in [2.45, 2.75) is 86.0 Å². The standard InChI is InChI=1S/C27H46NO4/c1-6-9-10-11-12-13-14-19-31-27(30)32-20-18-28(7-2,8-3)22-25(29)21-26-23(4)16-15-17-24(26)5/h15-17H,6-14,18-22H2,1-5H3/q+1. The van der Waals surface area contributed by atoms with Crippen LogP contribution < -0.4 is 0 Å². The van der Waals surface area contributed by atoms with E-state index in [0.29, 0.717) is 30.6 Å². The fourth-order valence-corrected chi connectivity index (χ4v) is 4.18. The van der Waals surface area contributed by atoms with Gasteiger partial charge < -0.3 is 14.0 Å². The summed E-state index contributed by atoms with van der Waals surface area (Å²) in [6, 6.07) is 6.15. The summed E-state index contributed by atoms with van der Waals surface area (Å²) >= 11 is 0. The molecule has 0 amide bonds. The average molecular weight is 449 g/mol. The van der Waals surface area contributed by atoms with Crippen molar-refractivity contribution in [2.24, 2.45) is 0 Å². The third kappa shape index (κ3) is 10.6. The minimum atomic E-state index is -0.594. The number of ketones is 1. The molecule has 5 nitrogen and oxygen atoms in total. The number of benzene rings is 1. The van der Waals surface area contributed by atoms with Crippen LogP contribution in [0.4, 0.5) is 4.79 Å². The lowest BCUT2D eigenvalue weighted by Crippen LogP contribution is -2.53. The summed E-state index contributed by atoms with van der Waals surface area (Å²) < 4.78 is 11.1. The number of ether oxygens (including phenoxy) is 2. The number of Topliss-reactive ketones (excluding diaryl/α,β-unsaturated/α-hetero) is 1. The van der Waals surface area contributed by atoms with Crippen LogP contribution in [0.15, 0.2) is 18.2 Å². The first-order chi connectivity index (χ1) is 15.4. The highest BCUT2D eigenvalue weighted by atomic mass is 16.7. The molecule has 0 unspecified atom stereocenters. The Balaban J connectivity index is 2.37. The van der Waals surface area contributed by atoms with Gasteiger partial charge in [-0.2, -0.15) is 0 Å². The van der Waals surface area contributed by atoms with E-state index in [9.17, 15) is 9.59 Å². The van der Waals surface area contributed by atoms with Crippen LogP contribution in [0, 0.1) is 13.8 Å². The van der Waals surface area contributed by atoms with Gasteiger partial charge >= 0.3 is 6.16 Å². The Labute approximate surface area is 196 Å². The Morgan fingerprint density at radius 1 is 0.812 bits per heavy atom. The van der Waals surface area contributed by atoms with Crippen LogP contribution in [0.1, 0.15) is 82.4 Å². The van der Waals surface area contributed by atoms with E-state index in [4.69, 9.17) is 9.47 Å². The van der Waals surface area contributed by atoms with Crippen LogP contribution in [0.2, 0.25) is 0 Å². The maximum absolute atomic E-state index is 12.9. The van der Waals surface area contributed by atoms with Gasteiger partial charge in [0.2, 0.25) is 0 Å². The minimum absolute atomic E-state index is 0.229. The molecule has 0 radical (unpaired) electrons. The predicted molar refractivity (Wildman–Crippen MR) is 131 cm³/mol. The molecule has 0 bridgehead atoms. The van der Waals surface area contributed by atoms with Gasteiger partial charge in [-0.05, 0) is 50.8 Å². The summed E-state index contributed by atoms with van der Waals surface area (Å²) in [4.78, 5) is 24.8. The second-order valence-electron chi connectivity index (χ2n) is 9.01. The van der Waals surface area contributed by atoms with E-state index in [1.54, 1.807) is 0 Å². The summed E-state index contributed by atoms with van der Waals surface area (Å²) in [5.41, 5.74) is 3.46. The minimum Gasteiger partial charge on any atom is -0.434 e. The van der Waals surface area contributed by atoms with Crippen molar-refractivity contribution in [3.05, 3.63) is 34.9 Å². The number of likely N-dealkylation sites (N-methyl/N-ethyl adjacent to an activating group) is 1. The molecule has 0 aliphatic rings. The Kier molecular flexibility index (Phi) is 13.9. The monoisotopic (exact) mass is 448 g/mol. The summed E-state index contributed by atoms with van der Waals surface area (Å²) in [6.07, 6.45) is 8.14. The van der Waals surface area contributed by atoms with Crippen molar-refractivity contribution in [3.8, 4) is 0 Å². The molecule has 0 atom stereocenters. The first-order valence-corrected chi connectivity index (χ1v) is 12.6. The molecule has 0 fully saturated rings. The van der Waals surface area contributed by atoms with E-state index in [1.807, 2.05) is 6.07 Å². The maximum Gasteiger partial charge on any atom is 0.508 e. The van der Waals surface area contributed by atoms with Gasteiger partial charge in [-0.3, -0.25) is 4.79 Å². The summed E-state index contributed by atoms with van der Waals surface area (Å²) in [6.45, 7) is 13.9. The highest BCUT2D eigenvalue weighted by molar-refractivity contribution is 5.82. The average Bonchev–Trinajstić information content (AvgIpc) is 2.77. The Morgan fingerprint density at radius 2 is 1.38 bits per heavy atom. The summed E-state index contributed by atoms with van der Waals surface area (Å²) in [5, 5.41) is 0. The Hall–Kier alpha value is -1.88. The van der Waals surface area contributed by atoms with E-state index < -0.39 is 6.16 Å². The number of carbonyl (C=O) groups excluding carboxylic acids is 2. The van der Waals surface area contributed by atoms with Crippen molar-refractivity contribution in [1.82, 2.24) is 0 Å². The molecule has 5 heteroatoms. The van der Waals surface area contributed by atoms with Crippen LogP contribution in [0.3, 0.4) is 0 Å². The summed E-state index contributed by atoms with van der Waals surface area (Å²) in [7, 11) is 0. The van der Waals surface area contributed by atoms with E-state index in [-0.39, 0.29) is 12.4 Å². The van der Waals surface area contributed by atoms with E-state index in [0.717, 1.165) is 42.6 Å². The third-order valence-electron chi connectivity index (χ3n) is 6.63. The van der Waals surface area contributed by atoms with E-state index in [2.05, 4.69) is 46.8 Å². The van der Waals surface area contributed by atoms with Gasteiger partial charge in [0.25, 0.3) is 0 Å². The molecule has 0 aromatic heterocycles. The largest absolute Gasteiger partial charge is 0.508 e. The van der Waals surface area contributed by atoms with Crippen LogP contribution in [0.25, 0.3) is 0 Å². The molecule has 182 valence electrons. The number of unbranched alkanes of at least 4 members (excludes halogenated alkanes) is 6. The van der Waals surface area contributed by atoms with Gasteiger partial charge in [0.05, 0.1) is 19.7 Å². The van der Waals surface area contributed by atoms with Crippen molar-refractivity contribution < 1.29 is 23.5 Å². The molecule has 0 aliphatic heterocycles. The fraction of sp³-hybridized carbons (Fsp3) is 0.704. The highest BCUT2D eigenvalue weighted by Crippen LogP contribution is 2.16. The molecule has 0 saturated carbocycles. The van der Waals surface area contributed by atoms with Crippen molar-refractivity contribution in [2.75, 3.05) is 39.4 Å². The predicted octanol–water partition coefficient (Wildman–Crippen LogP) is 6.18. The number of hydrogen-bond acceptors (Lipinski definition) is 4. The fourth-order valence-electron chi connectivity index (χ4n) is 4.18. The first-order valence-electron chi connectivity index (χ1n) is 12.6. The number of hydrogen-bond donors (Lipinski definition) is 0. The SMILES string of the molecule is CCCCCCCCCOC(=O)OCC[N+](CC)(CC)CC(=O)Cc1c(C)cccc1C. The zero-order chi connectivity index (χ0) is 23.8. The molecule has 32 heavy (non-hydrogen) atoms. The number of carbonyl (C=O) groups is 2. The van der Waals surface area contributed by atoms with Gasteiger partial charge in [-0.15, -0.1) is 0 Å². The van der Waals surface area contributed by atoms with Crippen molar-refractivity contribution in [3.63, 3.8) is 0 Å². The van der Waals surface area contributed by atoms with Crippen LogP contribution >= 0.6 is 0 Å². The molecular weight excluding hydrogens is 402 g/mol. The van der Waals surface area contributed by atoms with Crippen molar-refractivity contribution >= 4 is 11.9 Å². The van der Waals surface area contributed by atoms with Crippen LogP contribution in [-0.2, 0) is 20.7 Å². The molecule has 0 spiro atoms. The quantitative estimate of drug-likeness (QED) is 0.162.